The van der Waals surface area contributed by atoms with Gasteiger partial charge in [0.1, 0.15) is 48.8 Å². The Balaban J connectivity index is 1.07. The Morgan fingerprint density at radius 3 is 1.90 bits per heavy atom. The van der Waals surface area contributed by atoms with Gasteiger partial charge in [0.2, 0.25) is 6.29 Å². The summed E-state index contributed by atoms with van der Waals surface area (Å²) in [4.78, 5) is 14.3. The summed E-state index contributed by atoms with van der Waals surface area (Å²) in [6, 6.07) is 0. The summed E-state index contributed by atoms with van der Waals surface area (Å²) < 4.78 is 22.5. The van der Waals surface area contributed by atoms with E-state index in [9.17, 15) is 66.1 Å². The largest absolute Gasteiger partial charge is 0.432 e. The van der Waals surface area contributed by atoms with Crippen LogP contribution in [-0.4, -0.2) is 172 Å². The number of esters is 1. The lowest BCUT2D eigenvalue weighted by Gasteiger charge is -2.63. The maximum Gasteiger partial charge on any atom is 0.317 e. The monoisotopic (exact) mass is 860 g/mol. The van der Waals surface area contributed by atoms with E-state index in [0.29, 0.717) is 38.5 Å². The number of hydrogen-bond acceptors (Lipinski definition) is 17. The molecule has 7 aliphatic rings. The summed E-state index contributed by atoms with van der Waals surface area (Å²) in [5, 5.41) is 129. The Morgan fingerprint density at radius 1 is 0.750 bits per heavy atom. The average molecular weight is 861 g/mol. The second-order valence-electron chi connectivity index (χ2n) is 21.1. The van der Waals surface area contributed by atoms with Crippen molar-refractivity contribution in [2.24, 2.45) is 56.7 Å². The van der Waals surface area contributed by atoms with Crippen LogP contribution in [0.4, 0.5) is 0 Å². The lowest BCUT2D eigenvalue weighted by atomic mass is 9.41. The van der Waals surface area contributed by atoms with Crippen LogP contribution < -0.4 is 0 Å². The fourth-order valence-corrected chi connectivity index (χ4v) is 14.5. The van der Waals surface area contributed by atoms with Gasteiger partial charge in [-0.15, -0.1) is 0 Å². The highest BCUT2D eigenvalue weighted by molar-refractivity contribution is 5.78. The molecule has 7 rings (SSSR count). The first-order valence-electron chi connectivity index (χ1n) is 22.2. The minimum atomic E-state index is -1.80. The quantitative estimate of drug-likeness (QED) is 0.101. The van der Waals surface area contributed by atoms with Crippen LogP contribution in [0.15, 0.2) is 0 Å². The van der Waals surface area contributed by atoms with Crippen molar-refractivity contribution in [2.75, 3.05) is 19.8 Å². The molecule has 0 aromatic rings. The van der Waals surface area contributed by atoms with Crippen molar-refractivity contribution in [3.05, 3.63) is 0 Å². The van der Waals surface area contributed by atoms with Crippen molar-refractivity contribution in [2.45, 2.75) is 185 Å². The van der Waals surface area contributed by atoms with Gasteiger partial charge in [-0.1, -0.05) is 34.6 Å². The molecular formula is C43H72O17. The molecule has 17 nitrogen and oxygen atoms in total. The Kier molecular flexibility index (Phi) is 12.6. The molecule has 0 radical (unpaired) electrons. The van der Waals surface area contributed by atoms with Crippen LogP contribution in [-0.2, 0) is 23.7 Å². The molecule has 7 fully saturated rings. The third-order valence-corrected chi connectivity index (χ3v) is 18.4. The second kappa shape index (κ2) is 16.1. The van der Waals surface area contributed by atoms with Crippen LogP contribution in [0.2, 0.25) is 0 Å². The Morgan fingerprint density at radius 2 is 1.32 bits per heavy atom. The van der Waals surface area contributed by atoms with Crippen molar-refractivity contribution in [1.29, 1.82) is 0 Å². The van der Waals surface area contributed by atoms with Crippen molar-refractivity contribution >= 4 is 5.97 Å². The lowest BCUT2D eigenvalue weighted by Crippen LogP contribution is -2.65. The standard InChI is InChI=1S/C43H72O17/c1-19(2)42(56,18-57-35-33(53)31(51)29(49)22(15-44)58-35)10-9-20(3)28-21(46)14-39(5)24-7-8-25-40(6,37(55)60-36-34(54)32(52)30(50)23(16-45)59-36)26(47)13-27(48)43(25)17-41(24,43)12-11-38(28,39)4/h19-36,44-54,56H,7-18H2,1-6H3/t20-,21+,22-,23-,24+,25+,26+,27+,28+,29-,30-,31+,32+,33-,34-,35-,36+,38-,39+,40+,41+,42?,43-/m1/s1. The van der Waals surface area contributed by atoms with Crippen LogP contribution in [0.5, 0.6) is 0 Å². The van der Waals surface area contributed by atoms with Gasteiger partial charge < -0.3 is 80.2 Å². The molecule has 0 bridgehead atoms. The van der Waals surface area contributed by atoms with Crippen molar-refractivity contribution in [3.63, 3.8) is 0 Å². The van der Waals surface area contributed by atoms with Gasteiger partial charge in [0.05, 0.1) is 49.1 Å². The van der Waals surface area contributed by atoms with Gasteiger partial charge in [-0.3, -0.25) is 4.79 Å². The number of carbonyl (C=O) groups excluding carboxylic acids is 1. The molecule has 0 aromatic heterocycles. The second-order valence-corrected chi connectivity index (χ2v) is 21.1. The SMILES string of the molecule is CC(C)C(O)(CC[C@@H](C)[C@H]1[C@@H](O)C[C@@]2(C)[C@@H]3CC[C@H]4[C@](C)(C(=O)O[C@@H]5O[C@H](CO)[C@@H](O)[C@H](O)[C@H]5O)[C@@H](O)C[C@H](O)[C@@]45C[C@@]35CC[C@]12C)CO[C@@H]1O[C@H](CO)[C@@H](O)[C@H](O)[C@H]1O. The highest BCUT2D eigenvalue weighted by atomic mass is 16.7. The van der Waals surface area contributed by atoms with Gasteiger partial charge in [-0.05, 0) is 104 Å². The normalized spacial score (nSPS) is 53.9. The van der Waals surface area contributed by atoms with Crippen molar-refractivity contribution < 1.29 is 85.0 Å². The van der Waals surface area contributed by atoms with E-state index in [1.807, 2.05) is 13.8 Å². The summed E-state index contributed by atoms with van der Waals surface area (Å²) in [5.41, 5.74) is -4.67. The molecule has 60 heavy (non-hydrogen) atoms. The van der Waals surface area contributed by atoms with E-state index in [1.165, 1.54) is 0 Å². The van der Waals surface area contributed by atoms with E-state index in [4.69, 9.17) is 18.9 Å². The molecule has 2 aliphatic heterocycles. The fourth-order valence-electron chi connectivity index (χ4n) is 14.5. The van der Waals surface area contributed by atoms with Gasteiger partial charge in [-0.2, -0.15) is 0 Å². The average Bonchev–Trinajstić information content (AvgIpc) is 3.84. The number of aliphatic hydroxyl groups is 12. The minimum Gasteiger partial charge on any atom is -0.432 e. The van der Waals surface area contributed by atoms with Crippen LogP contribution >= 0.6 is 0 Å². The zero-order chi connectivity index (χ0) is 44.3. The number of carbonyl (C=O) groups is 1. The highest BCUT2D eigenvalue weighted by Gasteiger charge is 2.86. The zero-order valence-corrected chi connectivity index (χ0v) is 35.8. The Bertz CT molecular complexity index is 1570. The van der Waals surface area contributed by atoms with E-state index in [1.54, 1.807) is 6.92 Å². The summed E-state index contributed by atoms with van der Waals surface area (Å²) >= 11 is 0. The smallest absolute Gasteiger partial charge is 0.317 e. The van der Waals surface area contributed by atoms with E-state index >= 15 is 0 Å². The van der Waals surface area contributed by atoms with Crippen LogP contribution in [0, 0.1) is 56.7 Å². The Labute approximate surface area is 351 Å². The third kappa shape index (κ3) is 6.61. The molecule has 0 amide bonds. The molecule has 12 N–H and O–H groups in total. The summed E-state index contributed by atoms with van der Waals surface area (Å²) in [6.45, 7) is 10.4. The first kappa shape index (κ1) is 46.9. The highest BCUT2D eigenvalue weighted by Crippen LogP contribution is 2.89. The van der Waals surface area contributed by atoms with Gasteiger partial charge >= 0.3 is 5.97 Å². The van der Waals surface area contributed by atoms with E-state index < -0.39 is 121 Å². The first-order valence-corrected chi connectivity index (χ1v) is 22.2. The van der Waals surface area contributed by atoms with Gasteiger partial charge in [0.25, 0.3) is 0 Å². The maximum absolute atomic E-state index is 14.3. The number of hydrogen-bond donors (Lipinski definition) is 12. The number of rotatable bonds is 12. The van der Waals surface area contributed by atoms with E-state index in [-0.39, 0.29) is 52.9 Å². The molecule has 5 aliphatic carbocycles. The molecule has 2 spiro atoms. The predicted molar refractivity (Wildman–Crippen MR) is 208 cm³/mol. The zero-order valence-electron chi connectivity index (χ0n) is 35.8. The Hall–Kier alpha value is -1.13. The predicted octanol–water partition coefficient (Wildman–Crippen LogP) is -1.33. The lowest BCUT2D eigenvalue weighted by molar-refractivity contribution is -0.310. The molecule has 2 heterocycles. The summed E-state index contributed by atoms with van der Waals surface area (Å²) in [7, 11) is 0. The molecule has 2 saturated heterocycles. The molecular weight excluding hydrogens is 788 g/mol. The molecule has 23 atom stereocenters. The fraction of sp³-hybridized carbons (Fsp3) is 0.977. The molecule has 1 unspecified atom stereocenters. The molecule has 17 heteroatoms. The molecule has 5 saturated carbocycles. The van der Waals surface area contributed by atoms with Gasteiger partial charge in [0.15, 0.2) is 6.29 Å². The minimum absolute atomic E-state index is 0.0428. The molecule has 346 valence electrons. The van der Waals surface area contributed by atoms with E-state index in [0.717, 1.165) is 12.8 Å². The third-order valence-electron chi connectivity index (χ3n) is 18.4. The topological polar surface area (TPSA) is 297 Å². The van der Waals surface area contributed by atoms with Gasteiger partial charge in [-0.25, -0.2) is 0 Å². The number of aliphatic hydroxyl groups excluding tert-OH is 11. The van der Waals surface area contributed by atoms with Crippen molar-refractivity contribution in [3.8, 4) is 0 Å². The van der Waals surface area contributed by atoms with E-state index in [2.05, 4.69) is 20.8 Å². The van der Waals surface area contributed by atoms with Gasteiger partial charge in [0, 0.05) is 11.8 Å². The maximum atomic E-state index is 14.3. The first-order chi connectivity index (χ1) is 27.9. The van der Waals surface area contributed by atoms with Crippen LogP contribution in [0.1, 0.15) is 99.3 Å². The summed E-state index contributed by atoms with van der Waals surface area (Å²) in [6.07, 6.45) is -13.7. The van der Waals surface area contributed by atoms with Crippen molar-refractivity contribution in [1.82, 2.24) is 0 Å². The summed E-state index contributed by atoms with van der Waals surface area (Å²) in [5.74, 6) is -1.73. The van der Waals surface area contributed by atoms with Crippen LogP contribution in [0.25, 0.3) is 0 Å². The number of ether oxygens (including phenoxy) is 4. The number of fused-ring (bicyclic) bond motifs is 2. The van der Waals surface area contributed by atoms with Crippen LogP contribution in [0.3, 0.4) is 0 Å². The molecule has 0 aromatic carbocycles.